The van der Waals surface area contributed by atoms with Gasteiger partial charge in [0.1, 0.15) is 16.6 Å². The number of nitrogens with one attached hydrogen (secondary N) is 2. The highest BCUT2D eigenvalue weighted by Gasteiger charge is 2.32. The average Bonchev–Trinajstić information content (AvgIpc) is 2.39. The van der Waals surface area contributed by atoms with Crippen molar-refractivity contribution in [1.82, 2.24) is 15.5 Å². The minimum Gasteiger partial charge on any atom is -0.444 e. The van der Waals surface area contributed by atoms with Crippen molar-refractivity contribution in [3.63, 3.8) is 0 Å². The maximum absolute atomic E-state index is 12.4. The Balaban J connectivity index is 2.88. The summed E-state index contributed by atoms with van der Waals surface area (Å²) >= 11 is 5.19. The Morgan fingerprint density at radius 1 is 1.52 bits per heavy atom. The normalized spacial score (nSPS) is 22.3. The molecule has 0 saturated carbocycles. The maximum Gasteiger partial charge on any atom is 0.408 e. The zero-order chi connectivity index (χ0) is 16.4. The summed E-state index contributed by atoms with van der Waals surface area (Å²) < 4.78 is 5.15. The predicted octanol–water partition coefficient (Wildman–Crippen LogP) is 0.459. The van der Waals surface area contributed by atoms with Crippen LogP contribution in [0.2, 0.25) is 0 Å². The molecule has 1 saturated heterocycles. The number of allylic oxidation sites excluding steroid dienone is 1. The Hall–Kier alpha value is -1.83. The molecule has 0 aliphatic carbocycles. The molecule has 1 fully saturated rings. The molecule has 0 unspecified atom stereocenters. The SMILES string of the molecule is CC(N)=C1C(=S)NC[C@H](NC(=O)OC(C)(C)C)C(=O)N1C. The van der Waals surface area contributed by atoms with E-state index in [1.54, 1.807) is 34.7 Å². The fraction of sp³-hybridized carbons (Fsp3) is 0.615. The molecule has 1 aliphatic rings. The first kappa shape index (κ1) is 17.2. The van der Waals surface area contributed by atoms with Gasteiger partial charge in [0.15, 0.2) is 0 Å². The number of nitrogens with two attached hydrogens (primary N) is 1. The second kappa shape index (κ2) is 6.30. The number of ether oxygens (including phenoxy) is 1. The fourth-order valence-electron chi connectivity index (χ4n) is 1.87. The first-order chi connectivity index (χ1) is 9.53. The molecule has 1 heterocycles. The number of likely N-dealkylation sites (N-methyl/N-ethyl adjacent to an activating group) is 1. The van der Waals surface area contributed by atoms with Gasteiger partial charge in [-0.2, -0.15) is 0 Å². The number of alkyl carbamates (subject to hydrolysis) is 1. The number of carbonyl (C=O) groups is 2. The van der Waals surface area contributed by atoms with Crippen LogP contribution in [0.25, 0.3) is 0 Å². The van der Waals surface area contributed by atoms with Crippen LogP contribution in [0.4, 0.5) is 4.79 Å². The lowest BCUT2D eigenvalue weighted by atomic mass is 10.2. The van der Waals surface area contributed by atoms with Gasteiger partial charge < -0.3 is 26.0 Å². The van der Waals surface area contributed by atoms with E-state index < -0.39 is 17.7 Å². The smallest absolute Gasteiger partial charge is 0.408 e. The first-order valence-electron chi connectivity index (χ1n) is 6.54. The van der Waals surface area contributed by atoms with Gasteiger partial charge in [0, 0.05) is 19.3 Å². The van der Waals surface area contributed by atoms with Crippen LogP contribution in [-0.4, -0.2) is 47.1 Å². The Morgan fingerprint density at radius 2 is 2.10 bits per heavy atom. The monoisotopic (exact) mass is 314 g/mol. The molecule has 1 aliphatic heterocycles. The number of hydrogen-bond donors (Lipinski definition) is 3. The summed E-state index contributed by atoms with van der Waals surface area (Å²) in [5.41, 5.74) is 6.00. The van der Waals surface area contributed by atoms with Crippen LogP contribution in [0.3, 0.4) is 0 Å². The van der Waals surface area contributed by atoms with E-state index in [1.807, 2.05) is 0 Å². The predicted molar refractivity (Wildman–Crippen MR) is 83.4 cm³/mol. The van der Waals surface area contributed by atoms with Gasteiger partial charge in [-0.1, -0.05) is 12.2 Å². The lowest BCUT2D eigenvalue weighted by molar-refractivity contribution is -0.129. The summed E-state index contributed by atoms with van der Waals surface area (Å²) in [5.74, 6) is -0.312. The zero-order valence-corrected chi connectivity index (χ0v) is 13.8. The van der Waals surface area contributed by atoms with Crippen molar-refractivity contribution in [2.24, 2.45) is 5.73 Å². The Bertz CT molecular complexity index is 492. The minimum atomic E-state index is -0.778. The molecule has 1 atom stereocenters. The van der Waals surface area contributed by atoms with E-state index >= 15 is 0 Å². The fourth-order valence-corrected chi connectivity index (χ4v) is 2.25. The van der Waals surface area contributed by atoms with Crippen molar-refractivity contribution in [1.29, 1.82) is 0 Å². The van der Waals surface area contributed by atoms with E-state index in [0.29, 0.717) is 16.4 Å². The van der Waals surface area contributed by atoms with Crippen LogP contribution < -0.4 is 16.4 Å². The summed E-state index contributed by atoms with van der Waals surface area (Å²) in [4.78, 5) is 25.9. The van der Waals surface area contributed by atoms with Crippen molar-refractivity contribution in [3.8, 4) is 0 Å². The molecule has 4 N–H and O–H groups in total. The number of carbonyl (C=O) groups excluding carboxylic acids is 2. The van der Waals surface area contributed by atoms with Crippen LogP contribution in [0, 0.1) is 0 Å². The lowest BCUT2D eigenvalue weighted by Gasteiger charge is -2.24. The van der Waals surface area contributed by atoms with Crippen molar-refractivity contribution in [2.45, 2.75) is 39.3 Å². The zero-order valence-electron chi connectivity index (χ0n) is 12.9. The van der Waals surface area contributed by atoms with Crippen LogP contribution >= 0.6 is 12.2 Å². The Labute approximate surface area is 129 Å². The average molecular weight is 314 g/mol. The molecule has 7 nitrogen and oxygen atoms in total. The standard InChI is InChI=1S/C13H22N4O3S/c1-7(14)9-10(21)15-6-8(11(18)17(9)5)16-12(19)20-13(2,3)4/h8H,6,14H2,1-5H3,(H,15,21)(H,16,19)/t8-/m0/s1. The van der Waals surface area contributed by atoms with Gasteiger partial charge in [0.2, 0.25) is 0 Å². The van der Waals surface area contributed by atoms with E-state index in [-0.39, 0.29) is 12.5 Å². The molecule has 0 aromatic rings. The van der Waals surface area contributed by atoms with E-state index in [4.69, 9.17) is 22.7 Å². The highest BCUT2D eigenvalue weighted by atomic mass is 32.1. The molecule has 1 rings (SSSR count). The van der Waals surface area contributed by atoms with Gasteiger partial charge in [-0.3, -0.25) is 4.79 Å². The molecular formula is C13H22N4O3S. The number of hydrogen-bond acceptors (Lipinski definition) is 5. The van der Waals surface area contributed by atoms with Crippen molar-refractivity contribution >= 4 is 29.2 Å². The number of amides is 2. The summed E-state index contributed by atoms with van der Waals surface area (Å²) in [7, 11) is 1.57. The van der Waals surface area contributed by atoms with Crippen molar-refractivity contribution in [3.05, 3.63) is 11.4 Å². The first-order valence-corrected chi connectivity index (χ1v) is 6.95. The third-order valence-electron chi connectivity index (χ3n) is 2.71. The molecule has 0 radical (unpaired) electrons. The van der Waals surface area contributed by atoms with Gasteiger partial charge >= 0.3 is 6.09 Å². The van der Waals surface area contributed by atoms with Gasteiger partial charge in [-0.05, 0) is 27.7 Å². The molecule has 0 aromatic carbocycles. The summed E-state index contributed by atoms with van der Waals surface area (Å²) in [6.07, 6.45) is -0.654. The minimum absolute atomic E-state index is 0.179. The largest absolute Gasteiger partial charge is 0.444 e. The van der Waals surface area contributed by atoms with Crippen molar-refractivity contribution < 1.29 is 14.3 Å². The van der Waals surface area contributed by atoms with Gasteiger partial charge in [0.25, 0.3) is 5.91 Å². The molecular weight excluding hydrogens is 292 g/mol. The van der Waals surface area contributed by atoms with Crippen LogP contribution in [0.1, 0.15) is 27.7 Å². The molecule has 0 spiro atoms. The quantitative estimate of drug-likeness (QED) is 0.480. The topological polar surface area (TPSA) is 96.7 Å². The Kier molecular flexibility index (Phi) is 5.16. The summed E-state index contributed by atoms with van der Waals surface area (Å²) in [6, 6.07) is -0.778. The van der Waals surface area contributed by atoms with E-state index in [1.165, 1.54) is 4.90 Å². The molecule has 2 amide bonds. The van der Waals surface area contributed by atoms with E-state index in [2.05, 4.69) is 10.6 Å². The Morgan fingerprint density at radius 3 is 2.57 bits per heavy atom. The number of rotatable bonds is 1. The lowest BCUT2D eigenvalue weighted by Crippen LogP contribution is -2.50. The molecule has 8 heteroatoms. The third-order valence-corrected chi connectivity index (χ3v) is 3.05. The summed E-state index contributed by atoms with van der Waals surface area (Å²) in [6.45, 7) is 7.09. The highest BCUT2D eigenvalue weighted by Crippen LogP contribution is 2.13. The molecule has 21 heavy (non-hydrogen) atoms. The van der Waals surface area contributed by atoms with Gasteiger partial charge in [0.05, 0.1) is 5.70 Å². The third kappa shape index (κ3) is 4.59. The maximum atomic E-state index is 12.4. The summed E-state index contributed by atoms with van der Waals surface area (Å²) in [5, 5.41) is 5.45. The molecule has 0 aromatic heterocycles. The second-order valence-electron chi connectivity index (χ2n) is 5.84. The van der Waals surface area contributed by atoms with E-state index in [9.17, 15) is 9.59 Å². The van der Waals surface area contributed by atoms with Crippen LogP contribution in [0.15, 0.2) is 11.4 Å². The highest BCUT2D eigenvalue weighted by molar-refractivity contribution is 7.80. The van der Waals surface area contributed by atoms with Crippen molar-refractivity contribution in [2.75, 3.05) is 13.6 Å². The second-order valence-corrected chi connectivity index (χ2v) is 6.25. The van der Waals surface area contributed by atoms with Gasteiger partial charge in [-0.25, -0.2) is 4.79 Å². The van der Waals surface area contributed by atoms with E-state index in [0.717, 1.165) is 0 Å². The number of thiocarbonyl (C=S) groups is 1. The van der Waals surface area contributed by atoms with Crippen LogP contribution in [-0.2, 0) is 9.53 Å². The molecule has 118 valence electrons. The molecule has 0 bridgehead atoms. The van der Waals surface area contributed by atoms with Gasteiger partial charge in [-0.15, -0.1) is 0 Å². The number of nitrogens with zero attached hydrogens (tertiary/aromatic N) is 1. The van der Waals surface area contributed by atoms with Crippen LogP contribution in [0.5, 0.6) is 0 Å².